The fraction of sp³-hybridized carbons (Fsp3) is 0.208. The van der Waals surface area contributed by atoms with Gasteiger partial charge in [0.05, 0.1) is 12.2 Å². The van der Waals surface area contributed by atoms with Crippen LogP contribution >= 0.6 is 0 Å². The van der Waals surface area contributed by atoms with Crippen molar-refractivity contribution >= 4 is 11.6 Å². The van der Waals surface area contributed by atoms with E-state index >= 15 is 0 Å². The molecule has 0 fully saturated rings. The Morgan fingerprint density at radius 3 is 2.64 bits per heavy atom. The van der Waals surface area contributed by atoms with Gasteiger partial charge in [-0.1, -0.05) is 54.1 Å². The lowest BCUT2D eigenvalue weighted by Gasteiger charge is -2.36. The van der Waals surface area contributed by atoms with Crippen LogP contribution in [0.4, 0.5) is 5.69 Å². The predicted molar refractivity (Wildman–Crippen MR) is 109 cm³/mol. The van der Waals surface area contributed by atoms with E-state index < -0.39 is 5.54 Å². The van der Waals surface area contributed by atoms with Crippen molar-refractivity contribution in [3.05, 3.63) is 94.5 Å². The van der Waals surface area contributed by atoms with Gasteiger partial charge in [0.2, 0.25) is 0 Å². The maximum atomic E-state index is 13.9. The molecule has 28 heavy (non-hydrogen) atoms. The third kappa shape index (κ3) is 2.38. The summed E-state index contributed by atoms with van der Waals surface area (Å²) in [7, 11) is 0. The van der Waals surface area contributed by atoms with E-state index in [9.17, 15) is 9.90 Å². The van der Waals surface area contributed by atoms with Gasteiger partial charge in [0.25, 0.3) is 5.91 Å². The second-order valence-electron chi connectivity index (χ2n) is 7.66. The van der Waals surface area contributed by atoms with Crippen LogP contribution in [0.5, 0.6) is 5.75 Å². The van der Waals surface area contributed by atoms with Gasteiger partial charge in [-0.2, -0.15) is 0 Å². The maximum Gasteiger partial charge on any atom is 0.256 e. The molecule has 3 aromatic rings. The Labute approximate surface area is 164 Å². The zero-order valence-electron chi connectivity index (χ0n) is 15.8. The van der Waals surface area contributed by atoms with Gasteiger partial charge in [0.1, 0.15) is 5.75 Å². The molecule has 0 radical (unpaired) electrons. The number of anilines is 1. The molecule has 140 valence electrons. The molecule has 0 saturated heterocycles. The van der Waals surface area contributed by atoms with E-state index in [1.807, 2.05) is 35.2 Å². The number of phenols is 1. The van der Waals surface area contributed by atoms with Gasteiger partial charge in [-0.25, -0.2) is 0 Å². The van der Waals surface area contributed by atoms with E-state index in [1.54, 1.807) is 12.1 Å². The van der Waals surface area contributed by atoms with Crippen LogP contribution in [0.2, 0.25) is 0 Å². The first-order chi connectivity index (χ1) is 13.6. The van der Waals surface area contributed by atoms with Crippen LogP contribution in [0, 0.1) is 6.92 Å². The standard InChI is InChI=1S/C24H22N2O2/c1-16-6-8-17(9-7-16)15-26-22-5-3-2-4-21(22)24(23(26)28)20-11-10-19(27)14-18(20)12-13-25-24/h2-11,14,25,27H,12-13,15H2,1H3. The second kappa shape index (κ2) is 6.21. The van der Waals surface area contributed by atoms with Crippen molar-refractivity contribution in [3.63, 3.8) is 0 Å². The van der Waals surface area contributed by atoms with Crippen molar-refractivity contribution in [2.75, 3.05) is 11.4 Å². The van der Waals surface area contributed by atoms with E-state index in [1.165, 1.54) is 5.56 Å². The predicted octanol–water partition coefficient (Wildman–Crippen LogP) is 3.64. The van der Waals surface area contributed by atoms with Crippen LogP contribution in [0.15, 0.2) is 66.7 Å². The van der Waals surface area contributed by atoms with E-state index in [-0.39, 0.29) is 11.7 Å². The van der Waals surface area contributed by atoms with Gasteiger partial charge in [-0.15, -0.1) is 0 Å². The van der Waals surface area contributed by atoms with E-state index in [0.29, 0.717) is 13.1 Å². The molecule has 5 rings (SSSR count). The summed E-state index contributed by atoms with van der Waals surface area (Å²) in [6.45, 7) is 3.29. The molecule has 0 bridgehead atoms. The highest BCUT2D eigenvalue weighted by atomic mass is 16.3. The molecule has 0 saturated carbocycles. The number of carbonyl (C=O) groups is 1. The van der Waals surface area contributed by atoms with Crippen LogP contribution in [0.25, 0.3) is 0 Å². The average Bonchev–Trinajstić information content (AvgIpc) is 2.93. The lowest BCUT2D eigenvalue weighted by Crippen LogP contribution is -2.54. The SMILES string of the molecule is Cc1ccc(CN2C(=O)C3(NCCc4cc(O)ccc43)c3ccccc32)cc1. The zero-order chi connectivity index (χ0) is 19.3. The van der Waals surface area contributed by atoms with Gasteiger partial charge < -0.3 is 10.0 Å². The number of aromatic hydroxyl groups is 1. The number of nitrogens with zero attached hydrogens (tertiary/aromatic N) is 1. The lowest BCUT2D eigenvalue weighted by molar-refractivity contribution is -0.123. The van der Waals surface area contributed by atoms with Crippen molar-refractivity contribution < 1.29 is 9.90 Å². The average molecular weight is 370 g/mol. The molecule has 2 heterocycles. The highest BCUT2D eigenvalue weighted by Crippen LogP contribution is 2.47. The molecule has 1 amide bonds. The van der Waals surface area contributed by atoms with E-state index in [0.717, 1.165) is 34.4 Å². The second-order valence-corrected chi connectivity index (χ2v) is 7.66. The fourth-order valence-corrected chi connectivity index (χ4v) is 4.55. The topological polar surface area (TPSA) is 52.6 Å². The molecule has 4 nitrogen and oxygen atoms in total. The third-order valence-electron chi connectivity index (χ3n) is 5.90. The van der Waals surface area contributed by atoms with Gasteiger partial charge >= 0.3 is 0 Å². The maximum absolute atomic E-state index is 13.9. The van der Waals surface area contributed by atoms with Gasteiger partial charge in [-0.05, 0) is 48.2 Å². The summed E-state index contributed by atoms with van der Waals surface area (Å²) in [5.74, 6) is 0.284. The van der Waals surface area contributed by atoms with Crippen LogP contribution in [0.3, 0.4) is 0 Å². The van der Waals surface area contributed by atoms with Crippen molar-refractivity contribution in [2.24, 2.45) is 0 Å². The molecule has 1 spiro atoms. The third-order valence-corrected chi connectivity index (χ3v) is 5.90. The molecular weight excluding hydrogens is 348 g/mol. The number of aryl methyl sites for hydroxylation is 1. The molecule has 3 aromatic carbocycles. The van der Waals surface area contributed by atoms with E-state index in [2.05, 4.69) is 36.5 Å². The number of carbonyl (C=O) groups excluding carboxylic acids is 1. The van der Waals surface area contributed by atoms with Crippen LogP contribution < -0.4 is 10.2 Å². The summed E-state index contributed by atoms with van der Waals surface area (Å²) in [6, 6.07) is 21.7. The number of fused-ring (bicyclic) bond motifs is 4. The Morgan fingerprint density at radius 1 is 1.04 bits per heavy atom. The number of hydrogen-bond donors (Lipinski definition) is 2. The van der Waals surface area contributed by atoms with Gasteiger partial charge in [0, 0.05) is 12.1 Å². The minimum absolute atomic E-state index is 0.0425. The normalized spacial score (nSPS) is 20.3. The Morgan fingerprint density at radius 2 is 1.82 bits per heavy atom. The minimum Gasteiger partial charge on any atom is -0.508 e. The van der Waals surface area contributed by atoms with Crippen LogP contribution in [-0.4, -0.2) is 17.6 Å². The molecule has 0 aliphatic carbocycles. The summed E-state index contributed by atoms with van der Waals surface area (Å²) in [4.78, 5) is 15.7. The van der Waals surface area contributed by atoms with Gasteiger partial charge in [0.15, 0.2) is 5.54 Å². The Balaban J connectivity index is 1.66. The molecule has 2 N–H and O–H groups in total. The molecule has 1 atom stereocenters. The number of rotatable bonds is 2. The lowest BCUT2D eigenvalue weighted by atomic mass is 9.78. The van der Waals surface area contributed by atoms with Crippen molar-refractivity contribution in [1.82, 2.24) is 5.32 Å². The summed E-state index contributed by atoms with van der Waals surface area (Å²) in [5.41, 5.74) is 5.33. The minimum atomic E-state index is -0.886. The quantitative estimate of drug-likeness (QED) is 0.724. The molecule has 1 unspecified atom stereocenters. The van der Waals surface area contributed by atoms with Crippen molar-refractivity contribution in [1.29, 1.82) is 0 Å². The van der Waals surface area contributed by atoms with Crippen molar-refractivity contribution in [2.45, 2.75) is 25.4 Å². The first-order valence-corrected chi connectivity index (χ1v) is 9.64. The molecule has 2 aliphatic rings. The summed E-state index contributed by atoms with van der Waals surface area (Å²) >= 11 is 0. The first kappa shape index (κ1) is 17.0. The molecular formula is C24H22N2O2. The van der Waals surface area contributed by atoms with Gasteiger partial charge in [-0.3, -0.25) is 10.1 Å². The Hall–Kier alpha value is -3.11. The summed E-state index contributed by atoms with van der Waals surface area (Å²) in [5, 5.41) is 13.5. The van der Waals surface area contributed by atoms with E-state index in [4.69, 9.17) is 0 Å². The molecule has 0 aromatic heterocycles. The highest BCUT2D eigenvalue weighted by molar-refractivity contribution is 6.10. The number of amides is 1. The number of benzene rings is 3. The molecule has 4 heteroatoms. The van der Waals surface area contributed by atoms with Crippen molar-refractivity contribution in [3.8, 4) is 5.75 Å². The fourth-order valence-electron chi connectivity index (χ4n) is 4.55. The molecule has 2 aliphatic heterocycles. The number of hydrogen-bond acceptors (Lipinski definition) is 3. The highest BCUT2D eigenvalue weighted by Gasteiger charge is 2.53. The summed E-state index contributed by atoms with van der Waals surface area (Å²) in [6.07, 6.45) is 0.791. The number of nitrogens with one attached hydrogen (secondary N) is 1. The largest absolute Gasteiger partial charge is 0.508 e. The number of phenolic OH excluding ortho intramolecular Hbond substituents is 1. The Kier molecular flexibility index (Phi) is 3.78. The number of para-hydroxylation sites is 1. The monoisotopic (exact) mass is 370 g/mol. The Bertz CT molecular complexity index is 1070. The first-order valence-electron chi connectivity index (χ1n) is 9.64. The zero-order valence-corrected chi connectivity index (χ0v) is 15.8. The smallest absolute Gasteiger partial charge is 0.256 e. The van der Waals surface area contributed by atoms with Crippen LogP contribution in [-0.2, 0) is 23.3 Å². The summed E-state index contributed by atoms with van der Waals surface area (Å²) < 4.78 is 0. The van der Waals surface area contributed by atoms with Crippen LogP contribution in [0.1, 0.15) is 27.8 Å².